The van der Waals surface area contributed by atoms with E-state index in [9.17, 15) is 14.4 Å². The van der Waals surface area contributed by atoms with Crippen molar-refractivity contribution in [1.82, 2.24) is 5.32 Å². The maximum absolute atomic E-state index is 11.8. The summed E-state index contributed by atoms with van der Waals surface area (Å²) in [5.74, 6) is -1.13. The number of para-hydroxylation sites is 1. The number of fused-ring (bicyclic) bond motifs is 1. The van der Waals surface area contributed by atoms with Gasteiger partial charge in [-0.3, -0.25) is 14.4 Å². The zero-order chi connectivity index (χ0) is 13.8. The lowest BCUT2D eigenvalue weighted by Gasteiger charge is -2.25. The van der Waals surface area contributed by atoms with Gasteiger partial charge in [-0.05, 0) is 11.6 Å². The number of nitrogens with two attached hydrogens (primary N) is 1. The van der Waals surface area contributed by atoms with E-state index < -0.39 is 11.9 Å². The second-order valence-electron chi connectivity index (χ2n) is 4.44. The van der Waals surface area contributed by atoms with E-state index in [4.69, 9.17) is 5.73 Å². The van der Waals surface area contributed by atoms with Crippen molar-refractivity contribution in [3.8, 4) is 0 Å². The molecule has 1 aliphatic heterocycles. The summed E-state index contributed by atoms with van der Waals surface area (Å²) in [5, 5.41) is 5.34. The smallest absolute Gasteiger partial charge is 0.247 e. The van der Waals surface area contributed by atoms with Crippen molar-refractivity contribution in [1.29, 1.82) is 0 Å². The van der Waals surface area contributed by atoms with Crippen molar-refractivity contribution in [2.75, 3.05) is 5.32 Å². The summed E-state index contributed by atoms with van der Waals surface area (Å²) in [6.45, 7) is 0. The molecule has 0 saturated carbocycles. The number of rotatable bonds is 4. The number of benzene rings is 1. The highest BCUT2D eigenvalue weighted by atomic mass is 16.2. The van der Waals surface area contributed by atoms with Crippen LogP contribution in [-0.4, -0.2) is 23.8 Å². The molecule has 0 aromatic heterocycles. The second-order valence-corrected chi connectivity index (χ2v) is 4.44. The highest BCUT2D eigenvalue weighted by Gasteiger charge is 2.26. The number of primary amides is 1. The van der Waals surface area contributed by atoms with Crippen molar-refractivity contribution in [2.45, 2.75) is 25.3 Å². The van der Waals surface area contributed by atoms with Gasteiger partial charge in [0.05, 0.1) is 0 Å². The van der Waals surface area contributed by atoms with Crippen LogP contribution in [0.25, 0.3) is 0 Å². The molecule has 4 N–H and O–H groups in total. The second kappa shape index (κ2) is 5.51. The first-order valence-corrected chi connectivity index (χ1v) is 6.02. The third kappa shape index (κ3) is 3.31. The van der Waals surface area contributed by atoms with Crippen molar-refractivity contribution in [3.05, 3.63) is 29.8 Å². The van der Waals surface area contributed by atoms with Gasteiger partial charge in [-0.15, -0.1) is 0 Å². The van der Waals surface area contributed by atoms with Gasteiger partial charge >= 0.3 is 0 Å². The topological polar surface area (TPSA) is 101 Å². The molecule has 1 heterocycles. The molecule has 100 valence electrons. The number of anilines is 1. The lowest BCUT2D eigenvalue weighted by Crippen LogP contribution is -2.47. The maximum atomic E-state index is 11.8. The molecular weight excluding hydrogens is 246 g/mol. The summed E-state index contributed by atoms with van der Waals surface area (Å²) in [5.41, 5.74) is 6.71. The Balaban J connectivity index is 1.97. The first kappa shape index (κ1) is 13.1. The quantitative estimate of drug-likeness (QED) is 0.707. The summed E-state index contributed by atoms with van der Waals surface area (Å²) in [4.78, 5) is 34.0. The van der Waals surface area contributed by atoms with Crippen molar-refractivity contribution >= 4 is 23.4 Å². The molecule has 1 atom stereocenters. The van der Waals surface area contributed by atoms with E-state index in [-0.39, 0.29) is 24.7 Å². The van der Waals surface area contributed by atoms with Gasteiger partial charge in [-0.1, -0.05) is 18.2 Å². The Labute approximate surface area is 110 Å². The van der Waals surface area contributed by atoms with Crippen LogP contribution in [0, 0.1) is 0 Å². The van der Waals surface area contributed by atoms with E-state index >= 15 is 0 Å². The molecule has 0 unspecified atom stereocenters. The molecule has 1 aromatic carbocycles. The molecule has 3 amide bonds. The van der Waals surface area contributed by atoms with Gasteiger partial charge < -0.3 is 16.4 Å². The molecule has 19 heavy (non-hydrogen) atoms. The van der Waals surface area contributed by atoms with Gasteiger partial charge in [0, 0.05) is 24.9 Å². The number of carbonyl (C=O) groups is 3. The lowest BCUT2D eigenvalue weighted by molar-refractivity contribution is -0.128. The molecule has 6 heteroatoms. The Morgan fingerprint density at radius 1 is 1.32 bits per heavy atom. The third-order valence-electron chi connectivity index (χ3n) is 2.95. The van der Waals surface area contributed by atoms with Crippen LogP contribution in [0.1, 0.15) is 18.4 Å². The highest BCUT2D eigenvalue weighted by Crippen LogP contribution is 2.21. The van der Waals surface area contributed by atoms with Gasteiger partial charge in [0.2, 0.25) is 17.7 Å². The predicted molar refractivity (Wildman–Crippen MR) is 69.1 cm³/mol. The summed E-state index contributed by atoms with van der Waals surface area (Å²) >= 11 is 0. The third-order valence-corrected chi connectivity index (χ3v) is 2.95. The zero-order valence-corrected chi connectivity index (χ0v) is 10.3. The minimum absolute atomic E-state index is 0.000754. The zero-order valence-electron chi connectivity index (χ0n) is 10.3. The molecule has 1 aromatic rings. The largest absolute Gasteiger partial charge is 0.370 e. The van der Waals surface area contributed by atoms with Crippen LogP contribution in [0.15, 0.2) is 24.3 Å². The average Bonchev–Trinajstić information content (AvgIpc) is 2.37. The maximum Gasteiger partial charge on any atom is 0.247 e. The number of nitrogens with one attached hydrogen (secondary N) is 2. The monoisotopic (exact) mass is 261 g/mol. The van der Waals surface area contributed by atoms with E-state index in [0.29, 0.717) is 6.42 Å². The van der Waals surface area contributed by atoms with Crippen LogP contribution in [0.2, 0.25) is 0 Å². The van der Waals surface area contributed by atoms with Crippen molar-refractivity contribution in [2.24, 2.45) is 5.73 Å². The molecular formula is C13H15N3O3. The van der Waals surface area contributed by atoms with Crippen molar-refractivity contribution in [3.63, 3.8) is 0 Å². The normalized spacial score (nSPS) is 17.3. The number of hydrogen-bond donors (Lipinski definition) is 3. The van der Waals surface area contributed by atoms with Crippen LogP contribution < -0.4 is 16.4 Å². The van der Waals surface area contributed by atoms with Crippen LogP contribution in [-0.2, 0) is 20.8 Å². The Kier molecular flexibility index (Phi) is 3.79. The molecule has 0 aliphatic carbocycles. The SMILES string of the molecule is NC(=O)CCC(=O)N[C@H]1Cc2ccccc2NC1=O. The first-order valence-electron chi connectivity index (χ1n) is 6.02. The fraction of sp³-hybridized carbons (Fsp3) is 0.308. The standard InChI is InChI=1S/C13H15N3O3/c14-11(17)5-6-12(18)15-10-7-8-3-1-2-4-9(8)16-13(10)19/h1-4,10H,5-7H2,(H2,14,17)(H,15,18)(H,16,19)/t10-/m0/s1. The molecule has 1 aliphatic rings. The van der Waals surface area contributed by atoms with Crippen molar-refractivity contribution < 1.29 is 14.4 Å². The molecule has 0 spiro atoms. The Morgan fingerprint density at radius 3 is 2.79 bits per heavy atom. The highest BCUT2D eigenvalue weighted by molar-refractivity contribution is 6.00. The van der Waals surface area contributed by atoms with E-state index in [1.807, 2.05) is 24.3 Å². The minimum atomic E-state index is -0.602. The molecule has 2 rings (SSSR count). The Bertz CT molecular complexity index is 528. The summed E-state index contributed by atoms with van der Waals surface area (Å²) in [6.07, 6.45) is 0.432. The first-order chi connectivity index (χ1) is 9.06. The summed E-state index contributed by atoms with van der Waals surface area (Å²) < 4.78 is 0. The molecule has 0 bridgehead atoms. The fourth-order valence-electron chi connectivity index (χ4n) is 1.97. The lowest BCUT2D eigenvalue weighted by atomic mass is 9.99. The molecule has 0 radical (unpaired) electrons. The average molecular weight is 261 g/mol. The minimum Gasteiger partial charge on any atom is -0.370 e. The predicted octanol–water partition coefficient (Wildman–Crippen LogP) is -0.0685. The van der Waals surface area contributed by atoms with Crippen LogP contribution >= 0.6 is 0 Å². The van der Waals surface area contributed by atoms with Gasteiger partial charge in [-0.25, -0.2) is 0 Å². The molecule has 0 fully saturated rings. The fourth-order valence-corrected chi connectivity index (χ4v) is 1.97. The summed E-state index contributed by atoms with van der Waals surface area (Å²) in [7, 11) is 0. The summed E-state index contributed by atoms with van der Waals surface area (Å²) in [6, 6.07) is 6.83. The van der Waals surface area contributed by atoms with Gasteiger partial charge in [0.25, 0.3) is 0 Å². The Morgan fingerprint density at radius 2 is 2.05 bits per heavy atom. The van der Waals surface area contributed by atoms with E-state index in [0.717, 1.165) is 11.3 Å². The number of carbonyl (C=O) groups excluding carboxylic acids is 3. The van der Waals surface area contributed by atoms with Gasteiger partial charge in [-0.2, -0.15) is 0 Å². The van der Waals surface area contributed by atoms with Crippen LogP contribution in [0.5, 0.6) is 0 Å². The van der Waals surface area contributed by atoms with Crippen LogP contribution in [0.4, 0.5) is 5.69 Å². The van der Waals surface area contributed by atoms with Gasteiger partial charge in [0.1, 0.15) is 6.04 Å². The van der Waals surface area contributed by atoms with E-state index in [1.54, 1.807) is 0 Å². The Hall–Kier alpha value is -2.37. The van der Waals surface area contributed by atoms with E-state index in [2.05, 4.69) is 10.6 Å². The molecule has 6 nitrogen and oxygen atoms in total. The molecule has 0 saturated heterocycles. The number of hydrogen-bond acceptors (Lipinski definition) is 3. The number of amides is 3. The van der Waals surface area contributed by atoms with E-state index in [1.165, 1.54) is 0 Å². The van der Waals surface area contributed by atoms with Crippen LogP contribution in [0.3, 0.4) is 0 Å². The van der Waals surface area contributed by atoms with Gasteiger partial charge in [0.15, 0.2) is 0 Å².